The zero-order chi connectivity index (χ0) is 24.1. The van der Waals surface area contributed by atoms with Gasteiger partial charge in [-0.3, -0.25) is 9.59 Å². The summed E-state index contributed by atoms with van der Waals surface area (Å²) in [5, 5.41) is 16.9. The van der Waals surface area contributed by atoms with E-state index in [-0.39, 0.29) is 0 Å². The number of carboxylic acids is 1. The summed E-state index contributed by atoms with van der Waals surface area (Å²) in [5.41, 5.74) is 3.56. The lowest BCUT2D eigenvalue weighted by molar-refractivity contribution is -0.138. The van der Waals surface area contributed by atoms with E-state index in [9.17, 15) is 9.59 Å². The number of hydrogen-bond acceptors (Lipinski definition) is 5. The van der Waals surface area contributed by atoms with Gasteiger partial charge in [0.25, 0.3) is 5.91 Å². The molecule has 6 nitrogen and oxygen atoms in total. The summed E-state index contributed by atoms with van der Waals surface area (Å²) in [4.78, 5) is 30.4. The van der Waals surface area contributed by atoms with Crippen LogP contribution in [0.5, 0.6) is 0 Å². The highest BCUT2D eigenvalue weighted by atomic mass is 32.1. The Kier molecular flexibility index (Phi) is 7.23. The van der Waals surface area contributed by atoms with Crippen molar-refractivity contribution < 1.29 is 14.7 Å². The second-order valence-corrected chi connectivity index (χ2v) is 9.07. The number of benzene rings is 3. The first-order valence-electron chi connectivity index (χ1n) is 11.3. The summed E-state index contributed by atoms with van der Waals surface area (Å²) in [6, 6.07) is 21.0. The number of nitrogens with zero attached hydrogens (tertiary/aromatic N) is 2. The molecular formula is C27H27N3O3S. The van der Waals surface area contributed by atoms with Gasteiger partial charge in [-0.25, -0.2) is 4.98 Å². The van der Waals surface area contributed by atoms with Crippen LogP contribution in [0.15, 0.2) is 72.1 Å². The molecule has 4 rings (SSSR count). The summed E-state index contributed by atoms with van der Waals surface area (Å²) in [6.45, 7) is 5.12. The van der Waals surface area contributed by atoms with Crippen LogP contribution in [0.2, 0.25) is 0 Å². The van der Waals surface area contributed by atoms with Crippen molar-refractivity contribution >= 4 is 39.1 Å². The van der Waals surface area contributed by atoms with E-state index in [1.54, 1.807) is 23.5 Å². The smallest absolute Gasteiger partial charge is 0.325 e. The van der Waals surface area contributed by atoms with Gasteiger partial charge in [-0.15, -0.1) is 11.3 Å². The molecule has 2 N–H and O–H groups in total. The standard InChI is InChI=1S/C27H27N3O3S/c1-3-14-30(16-19-8-10-21(11-9-19)25(31)28-18(2)26(32)33)27-29-24(17-34-27)23-13-12-20-6-4-5-7-22(20)15-23/h4-13,15,17-18H,3,14,16H2,1-2H3,(H,28,31)(H,32,33). The first-order chi connectivity index (χ1) is 16.4. The average Bonchev–Trinajstić information content (AvgIpc) is 3.34. The highest BCUT2D eigenvalue weighted by Gasteiger charge is 2.16. The van der Waals surface area contributed by atoms with E-state index in [1.807, 2.05) is 24.3 Å². The number of aliphatic carboxylic acids is 1. The SMILES string of the molecule is CCCN(Cc1ccc(C(=O)NC(C)C(=O)O)cc1)c1nc(-c2ccc3ccccc3c2)cs1. The van der Waals surface area contributed by atoms with Gasteiger partial charge in [-0.2, -0.15) is 0 Å². The molecule has 0 aliphatic carbocycles. The van der Waals surface area contributed by atoms with Crippen molar-refractivity contribution in [3.8, 4) is 11.3 Å². The minimum absolute atomic E-state index is 0.396. The zero-order valence-corrected chi connectivity index (χ0v) is 20.0. The molecule has 0 bridgehead atoms. The van der Waals surface area contributed by atoms with Crippen LogP contribution in [0.1, 0.15) is 36.2 Å². The van der Waals surface area contributed by atoms with E-state index < -0.39 is 17.9 Å². The fourth-order valence-electron chi connectivity index (χ4n) is 3.73. The highest BCUT2D eigenvalue weighted by Crippen LogP contribution is 2.30. The molecule has 174 valence electrons. The summed E-state index contributed by atoms with van der Waals surface area (Å²) in [6.07, 6.45) is 0.985. The van der Waals surface area contributed by atoms with Crippen LogP contribution in [0.3, 0.4) is 0 Å². The summed E-state index contributed by atoms with van der Waals surface area (Å²) in [5.74, 6) is -1.46. The summed E-state index contributed by atoms with van der Waals surface area (Å²) in [7, 11) is 0. The molecule has 0 spiro atoms. The molecule has 0 aliphatic rings. The molecule has 1 unspecified atom stereocenters. The maximum atomic E-state index is 12.2. The molecule has 0 saturated carbocycles. The first kappa shape index (κ1) is 23.4. The average molecular weight is 474 g/mol. The van der Waals surface area contributed by atoms with Crippen LogP contribution < -0.4 is 10.2 Å². The van der Waals surface area contributed by atoms with E-state index in [0.717, 1.165) is 34.9 Å². The van der Waals surface area contributed by atoms with E-state index in [4.69, 9.17) is 10.1 Å². The fraction of sp³-hybridized carbons (Fsp3) is 0.222. The lowest BCUT2D eigenvalue weighted by atomic mass is 10.1. The van der Waals surface area contributed by atoms with Crippen LogP contribution in [0.4, 0.5) is 5.13 Å². The molecule has 0 radical (unpaired) electrons. The minimum Gasteiger partial charge on any atom is -0.480 e. The molecule has 0 aliphatic heterocycles. The number of nitrogens with one attached hydrogen (secondary N) is 1. The molecule has 0 fully saturated rings. The lowest BCUT2D eigenvalue weighted by Crippen LogP contribution is -2.38. The predicted octanol–water partition coefficient (Wildman–Crippen LogP) is 5.58. The second kappa shape index (κ2) is 10.5. The Morgan fingerprint density at radius 1 is 1.06 bits per heavy atom. The maximum Gasteiger partial charge on any atom is 0.325 e. The van der Waals surface area contributed by atoms with Crippen molar-refractivity contribution in [1.29, 1.82) is 0 Å². The number of fused-ring (bicyclic) bond motifs is 1. The molecule has 4 aromatic rings. The van der Waals surface area contributed by atoms with Gasteiger partial charge in [0.2, 0.25) is 0 Å². The molecule has 1 aromatic heterocycles. The summed E-state index contributed by atoms with van der Waals surface area (Å²) >= 11 is 1.63. The molecule has 1 atom stereocenters. The fourth-order valence-corrected chi connectivity index (χ4v) is 4.59. The van der Waals surface area contributed by atoms with Crippen LogP contribution in [-0.2, 0) is 11.3 Å². The number of hydrogen-bond donors (Lipinski definition) is 2. The Labute approximate surface area is 202 Å². The molecule has 3 aromatic carbocycles. The van der Waals surface area contributed by atoms with Crippen molar-refractivity contribution in [2.45, 2.75) is 32.9 Å². The number of carboxylic acid groups (broad SMARTS) is 1. The van der Waals surface area contributed by atoms with Crippen LogP contribution in [-0.4, -0.2) is 34.6 Å². The minimum atomic E-state index is -1.06. The summed E-state index contributed by atoms with van der Waals surface area (Å²) < 4.78 is 0. The number of amides is 1. The van der Waals surface area contributed by atoms with E-state index >= 15 is 0 Å². The number of carbonyl (C=O) groups is 2. The molecule has 0 saturated heterocycles. The van der Waals surface area contributed by atoms with Gasteiger partial charge in [0.15, 0.2) is 5.13 Å². The highest BCUT2D eigenvalue weighted by molar-refractivity contribution is 7.14. The quantitative estimate of drug-likeness (QED) is 0.331. The topological polar surface area (TPSA) is 82.5 Å². The van der Waals surface area contributed by atoms with Gasteiger partial charge >= 0.3 is 5.97 Å². The van der Waals surface area contributed by atoms with Gasteiger partial charge in [0.1, 0.15) is 6.04 Å². The third kappa shape index (κ3) is 5.43. The van der Waals surface area contributed by atoms with Gasteiger partial charge in [0, 0.05) is 29.6 Å². The number of aromatic nitrogens is 1. The number of carbonyl (C=O) groups excluding carboxylic acids is 1. The molecule has 34 heavy (non-hydrogen) atoms. The largest absolute Gasteiger partial charge is 0.480 e. The van der Waals surface area contributed by atoms with E-state index in [0.29, 0.717) is 12.1 Å². The predicted molar refractivity (Wildman–Crippen MR) is 137 cm³/mol. The number of thiazole rings is 1. The van der Waals surface area contributed by atoms with Gasteiger partial charge in [0.05, 0.1) is 5.69 Å². The Hall–Kier alpha value is -3.71. The van der Waals surface area contributed by atoms with Crippen LogP contribution in [0, 0.1) is 0 Å². The van der Waals surface area contributed by atoms with Crippen LogP contribution in [0.25, 0.3) is 22.0 Å². The van der Waals surface area contributed by atoms with Crippen molar-refractivity contribution in [2.75, 3.05) is 11.4 Å². The maximum absolute atomic E-state index is 12.2. The first-order valence-corrected chi connectivity index (χ1v) is 12.1. The van der Waals surface area contributed by atoms with Crippen molar-refractivity contribution in [2.24, 2.45) is 0 Å². The van der Waals surface area contributed by atoms with Gasteiger partial charge < -0.3 is 15.3 Å². The van der Waals surface area contributed by atoms with E-state index in [1.165, 1.54) is 17.7 Å². The Morgan fingerprint density at radius 3 is 2.50 bits per heavy atom. The van der Waals surface area contributed by atoms with Gasteiger partial charge in [-0.05, 0) is 47.9 Å². The monoisotopic (exact) mass is 473 g/mol. The third-order valence-electron chi connectivity index (χ3n) is 5.61. The van der Waals surface area contributed by atoms with Crippen molar-refractivity contribution in [3.63, 3.8) is 0 Å². The molecule has 1 heterocycles. The van der Waals surface area contributed by atoms with Crippen LogP contribution >= 0.6 is 11.3 Å². The Morgan fingerprint density at radius 2 is 1.79 bits per heavy atom. The third-order valence-corrected chi connectivity index (χ3v) is 6.51. The Balaban J connectivity index is 1.49. The van der Waals surface area contributed by atoms with Crippen molar-refractivity contribution in [3.05, 3.63) is 83.2 Å². The van der Waals surface area contributed by atoms with Gasteiger partial charge in [-0.1, -0.05) is 55.5 Å². The van der Waals surface area contributed by atoms with E-state index in [2.05, 4.69) is 52.9 Å². The molecule has 1 amide bonds. The number of anilines is 1. The zero-order valence-electron chi connectivity index (χ0n) is 19.2. The molecule has 7 heteroatoms. The normalized spacial score (nSPS) is 11.8. The lowest BCUT2D eigenvalue weighted by Gasteiger charge is -2.21. The number of rotatable bonds is 9. The van der Waals surface area contributed by atoms with Crippen molar-refractivity contribution in [1.82, 2.24) is 10.3 Å². The Bertz CT molecular complexity index is 1300. The molecular weight excluding hydrogens is 446 g/mol. The second-order valence-electron chi connectivity index (χ2n) is 8.23.